The molecule has 1 unspecified atom stereocenters. The molecule has 2 N–H and O–H groups in total. The maximum Gasteiger partial charge on any atom is 0.211 e. The van der Waals surface area contributed by atoms with E-state index in [-0.39, 0.29) is 0 Å². The molecule has 0 saturated carbocycles. The van der Waals surface area contributed by atoms with Crippen LogP contribution in [0.5, 0.6) is 0 Å². The quantitative estimate of drug-likeness (QED) is 0.556. The van der Waals surface area contributed by atoms with Crippen molar-refractivity contribution in [1.29, 1.82) is 0 Å². The number of thiophene rings is 1. The first-order valence-corrected chi connectivity index (χ1v) is 11.6. The van der Waals surface area contributed by atoms with Gasteiger partial charge in [0.1, 0.15) is 0 Å². The second-order valence-electron chi connectivity index (χ2n) is 6.62. The van der Waals surface area contributed by atoms with Gasteiger partial charge in [0.05, 0.1) is 12.8 Å². The molecule has 1 saturated heterocycles. The van der Waals surface area contributed by atoms with Gasteiger partial charge in [-0.3, -0.25) is 4.99 Å². The standard InChI is InChI=1S/C17H30N4O2S2/c1-4-18-17(19-12-14(2)16-6-5-11-24-16)20-13-15-7-9-21(10-8-15)25(3,22)23/h5-6,11,14-15H,4,7-10,12-13H2,1-3H3,(H2,18,19,20). The minimum absolute atomic E-state index is 0.411. The zero-order valence-corrected chi connectivity index (χ0v) is 17.0. The number of guanidine groups is 1. The van der Waals surface area contributed by atoms with Gasteiger partial charge in [0, 0.05) is 37.0 Å². The van der Waals surface area contributed by atoms with Crippen molar-refractivity contribution < 1.29 is 8.42 Å². The lowest BCUT2D eigenvalue weighted by Gasteiger charge is -2.30. The molecule has 8 heteroatoms. The predicted octanol–water partition coefficient (Wildman–Crippen LogP) is 2.08. The first-order chi connectivity index (χ1) is 11.9. The first-order valence-electron chi connectivity index (χ1n) is 8.90. The highest BCUT2D eigenvalue weighted by molar-refractivity contribution is 7.88. The number of rotatable bonds is 7. The molecule has 25 heavy (non-hydrogen) atoms. The summed E-state index contributed by atoms with van der Waals surface area (Å²) < 4.78 is 24.7. The molecule has 142 valence electrons. The van der Waals surface area contributed by atoms with E-state index in [1.54, 1.807) is 15.6 Å². The molecule has 0 aromatic carbocycles. The maximum absolute atomic E-state index is 11.6. The molecule has 1 aliphatic rings. The van der Waals surface area contributed by atoms with E-state index in [0.29, 0.717) is 24.9 Å². The van der Waals surface area contributed by atoms with Crippen LogP contribution >= 0.6 is 11.3 Å². The zero-order chi connectivity index (χ0) is 18.3. The number of hydrogen-bond donors (Lipinski definition) is 2. The molecule has 0 amide bonds. The van der Waals surface area contributed by atoms with E-state index >= 15 is 0 Å². The molecule has 0 radical (unpaired) electrons. The van der Waals surface area contributed by atoms with Gasteiger partial charge in [0.2, 0.25) is 10.0 Å². The zero-order valence-electron chi connectivity index (χ0n) is 15.4. The molecule has 0 bridgehead atoms. The van der Waals surface area contributed by atoms with Crippen molar-refractivity contribution in [3.8, 4) is 0 Å². The molecule has 1 aromatic rings. The largest absolute Gasteiger partial charge is 0.357 e. The van der Waals surface area contributed by atoms with E-state index < -0.39 is 10.0 Å². The fraction of sp³-hybridized carbons (Fsp3) is 0.706. The van der Waals surface area contributed by atoms with Gasteiger partial charge in [0.25, 0.3) is 0 Å². The molecule has 2 heterocycles. The van der Waals surface area contributed by atoms with E-state index in [9.17, 15) is 8.42 Å². The number of nitrogens with zero attached hydrogens (tertiary/aromatic N) is 2. The molecule has 1 fully saturated rings. The SMILES string of the molecule is CCNC(=NCC(C)c1cccs1)NCC1CCN(S(C)(=O)=O)CC1. The van der Waals surface area contributed by atoms with Crippen molar-refractivity contribution in [2.75, 3.05) is 39.0 Å². The van der Waals surface area contributed by atoms with Crippen LogP contribution in [0.2, 0.25) is 0 Å². The number of sulfonamides is 1. The Bertz CT molecular complexity index is 636. The third-order valence-electron chi connectivity index (χ3n) is 4.50. The Morgan fingerprint density at radius 3 is 2.68 bits per heavy atom. The minimum Gasteiger partial charge on any atom is -0.357 e. The molecule has 2 rings (SSSR count). The lowest BCUT2D eigenvalue weighted by Crippen LogP contribution is -2.44. The topological polar surface area (TPSA) is 73.8 Å². The summed E-state index contributed by atoms with van der Waals surface area (Å²) in [6, 6.07) is 4.23. The Balaban J connectivity index is 1.80. The van der Waals surface area contributed by atoms with Crippen LogP contribution < -0.4 is 10.6 Å². The second kappa shape index (κ2) is 9.54. The minimum atomic E-state index is -3.05. The molecular formula is C17H30N4O2S2. The van der Waals surface area contributed by atoms with Gasteiger partial charge in [-0.15, -0.1) is 11.3 Å². The van der Waals surface area contributed by atoms with Gasteiger partial charge in [-0.05, 0) is 37.1 Å². The summed E-state index contributed by atoms with van der Waals surface area (Å²) >= 11 is 1.77. The van der Waals surface area contributed by atoms with Crippen molar-refractivity contribution in [3.63, 3.8) is 0 Å². The van der Waals surface area contributed by atoms with Crippen LogP contribution in [0.25, 0.3) is 0 Å². The van der Waals surface area contributed by atoms with Gasteiger partial charge in [-0.2, -0.15) is 0 Å². The Kier molecular flexibility index (Phi) is 7.71. The van der Waals surface area contributed by atoms with Crippen LogP contribution in [-0.4, -0.2) is 57.7 Å². The fourth-order valence-corrected chi connectivity index (χ4v) is 4.57. The molecule has 1 aliphatic heterocycles. The van der Waals surface area contributed by atoms with Crippen molar-refractivity contribution >= 4 is 27.3 Å². The number of nitrogens with one attached hydrogen (secondary N) is 2. The van der Waals surface area contributed by atoms with E-state index in [2.05, 4.69) is 42.0 Å². The summed E-state index contributed by atoms with van der Waals surface area (Å²) in [6.07, 6.45) is 3.08. The smallest absolute Gasteiger partial charge is 0.211 e. The van der Waals surface area contributed by atoms with Crippen molar-refractivity contribution in [3.05, 3.63) is 22.4 Å². The number of piperidine rings is 1. The molecule has 0 aliphatic carbocycles. The number of hydrogen-bond acceptors (Lipinski definition) is 4. The van der Waals surface area contributed by atoms with Crippen LogP contribution in [0.1, 0.15) is 37.5 Å². The predicted molar refractivity (Wildman–Crippen MR) is 106 cm³/mol. The molecule has 1 aromatic heterocycles. The summed E-state index contributed by atoms with van der Waals surface area (Å²) in [5.41, 5.74) is 0. The Labute approximate surface area is 155 Å². The average Bonchev–Trinajstić information content (AvgIpc) is 3.11. The Morgan fingerprint density at radius 2 is 2.12 bits per heavy atom. The fourth-order valence-electron chi connectivity index (χ4n) is 2.92. The molecule has 0 spiro atoms. The van der Waals surface area contributed by atoms with Crippen molar-refractivity contribution in [2.45, 2.75) is 32.6 Å². The first kappa shape index (κ1) is 20.2. The van der Waals surface area contributed by atoms with Crippen LogP contribution in [0, 0.1) is 5.92 Å². The third-order valence-corrected chi connectivity index (χ3v) is 6.90. The lowest BCUT2D eigenvalue weighted by molar-refractivity contribution is 0.275. The highest BCUT2D eigenvalue weighted by Crippen LogP contribution is 2.21. The summed E-state index contributed by atoms with van der Waals surface area (Å²) in [5, 5.41) is 8.81. The molecular weight excluding hydrogens is 356 g/mol. The summed E-state index contributed by atoms with van der Waals surface area (Å²) in [7, 11) is -3.05. The van der Waals surface area contributed by atoms with E-state index in [0.717, 1.165) is 38.4 Å². The van der Waals surface area contributed by atoms with Crippen LogP contribution in [-0.2, 0) is 10.0 Å². The summed E-state index contributed by atoms with van der Waals surface area (Å²) in [6.45, 7) is 7.90. The third kappa shape index (κ3) is 6.60. The van der Waals surface area contributed by atoms with Gasteiger partial charge in [0.15, 0.2) is 5.96 Å². The average molecular weight is 387 g/mol. The van der Waals surface area contributed by atoms with Crippen LogP contribution in [0.4, 0.5) is 0 Å². The van der Waals surface area contributed by atoms with Crippen LogP contribution in [0.15, 0.2) is 22.5 Å². The second-order valence-corrected chi connectivity index (χ2v) is 9.58. The highest BCUT2D eigenvalue weighted by atomic mass is 32.2. The lowest BCUT2D eigenvalue weighted by atomic mass is 9.98. The van der Waals surface area contributed by atoms with Gasteiger partial charge >= 0.3 is 0 Å². The van der Waals surface area contributed by atoms with Crippen molar-refractivity contribution in [1.82, 2.24) is 14.9 Å². The van der Waals surface area contributed by atoms with Crippen LogP contribution in [0.3, 0.4) is 0 Å². The number of aliphatic imine (C=N–C) groups is 1. The van der Waals surface area contributed by atoms with E-state index in [4.69, 9.17) is 4.99 Å². The van der Waals surface area contributed by atoms with Gasteiger partial charge < -0.3 is 10.6 Å². The summed E-state index contributed by atoms with van der Waals surface area (Å²) in [5.74, 6) is 1.74. The maximum atomic E-state index is 11.6. The molecule has 6 nitrogen and oxygen atoms in total. The van der Waals surface area contributed by atoms with Gasteiger partial charge in [-0.1, -0.05) is 13.0 Å². The van der Waals surface area contributed by atoms with Gasteiger partial charge in [-0.25, -0.2) is 12.7 Å². The highest BCUT2D eigenvalue weighted by Gasteiger charge is 2.24. The monoisotopic (exact) mass is 386 g/mol. The van der Waals surface area contributed by atoms with E-state index in [1.807, 2.05) is 0 Å². The van der Waals surface area contributed by atoms with E-state index in [1.165, 1.54) is 11.1 Å². The normalized spacial score (nSPS) is 18.9. The summed E-state index contributed by atoms with van der Waals surface area (Å²) in [4.78, 5) is 6.06. The molecule has 1 atom stereocenters. The Morgan fingerprint density at radius 1 is 1.40 bits per heavy atom. The van der Waals surface area contributed by atoms with Crippen molar-refractivity contribution in [2.24, 2.45) is 10.9 Å². The Hall–Kier alpha value is -1.12.